The number of nitrogens with zero attached hydrogens (tertiary/aromatic N) is 2. The highest BCUT2D eigenvalue weighted by Crippen LogP contribution is 2.22. The quantitative estimate of drug-likeness (QED) is 0.898. The molecule has 4 nitrogen and oxygen atoms in total. The van der Waals surface area contributed by atoms with Gasteiger partial charge in [-0.3, -0.25) is 4.68 Å². The summed E-state index contributed by atoms with van der Waals surface area (Å²) in [6, 6.07) is 7.61. The van der Waals surface area contributed by atoms with E-state index < -0.39 is 6.10 Å². The molecule has 1 atom stereocenters. The summed E-state index contributed by atoms with van der Waals surface area (Å²) in [6.07, 6.45) is 3.83. The number of aliphatic hydroxyl groups excluding tert-OH is 1. The largest absolute Gasteiger partial charge is 0.491 e. The van der Waals surface area contributed by atoms with E-state index in [9.17, 15) is 5.11 Å². The third kappa shape index (κ3) is 3.83. The van der Waals surface area contributed by atoms with Gasteiger partial charge in [0.1, 0.15) is 5.75 Å². The molecule has 1 unspecified atom stereocenters. The van der Waals surface area contributed by atoms with Gasteiger partial charge in [0, 0.05) is 19.7 Å². The van der Waals surface area contributed by atoms with Crippen molar-refractivity contribution < 1.29 is 9.84 Å². The molecule has 1 aromatic carbocycles. The second-order valence-electron chi connectivity index (χ2n) is 4.98. The Labute approximate surface area is 113 Å². The molecular formula is C15H20N2O2. The van der Waals surface area contributed by atoms with Crippen LogP contribution in [0.3, 0.4) is 0 Å². The van der Waals surface area contributed by atoms with Crippen LogP contribution in [0, 0.1) is 0 Å². The maximum atomic E-state index is 10.2. The number of aliphatic hydroxyl groups is 1. The molecule has 1 aromatic heterocycles. The van der Waals surface area contributed by atoms with Crippen molar-refractivity contribution in [3.63, 3.8) is 0 Å². The van der Waals surface area contributed by atoms with Crippen LogP contribution in [0.2, 0.25) is 0 Å². The Hall–Kier alpha value is -1.81. The monoisotopic (exact) mass is 260 g/mol. The lowest BCUT2D eigenvalue weighted by molar-refractivity contribution is 0.177. The summed E-state index contributed by atoms with van der Waals surface area (Å²) in [5, 5.41) is 14.4. The molecule has 0 radical (unpaired) electrons. The molecule has 1 heterocycles. The maximum Gasteiger partial charge on any atom is 0.120 e. The molecule has 19 heavy (non-hydrogen) atoms. The summed E-state index contributed by atoms with van der Waals surface area (Å²) >= 11 is 0. The minimum Gasteiger partial charge on any atom is -0.491 e. The summed E-state index contributed by atoms with van der Waals surface area (Å²) in [5.41, 5.74) is 1.88. The van der Waals surface area contributed by atoms with Crippen LogP contribution in [-0.4, -0.2) is 21.0 Å². The molecule has 0 saturated heterocycles. The molecule has 0 spiro atoms. The van der Waals surface area contributed by atoms with Crippen LogP contribution in [0.5, 0.6) is 5.75 Å². The standard InChI is InChI=1S/C15H20N2O2/c1-11(2)19-14-6-4-5-13(8-14)15(18)7-12-9-16-17(3)10-12/h4-6,8-11,15,18H,7H2,1-3H3. The lowest BCUT2D eigenvalue weighted by Crippen LogP contribution is -2.07. The van der Waals surface area contributed by atoms with Gasteiger partial charge in [0.25, 0.3) is 0 Å². The number of benzene rings is 1. The Balaban J connectivity index is 2.08. The van der Waals surface area contributed by atoms with E-state index >= 15 is 0 Å². The zero-order chi connectivity index (χ0) is 13.8. The average Bonchev–Trinajstić information content (AvgIpc) is 2.74. The summed E-state index contributed by atoms with van der Waals surface area (Å²) in [5.74, 6) is 0.790. The number of aryl methyl sites for hydroxylation is 1. The van der Waals surface area contributed by atoms with E-state index in [0.29, 0.717) is 6.42 Å². The van der Waals surface area contributed by atoms with E-state index in [1.54, 1.807) is 10.9 Å². The number of ether oxygens (including phenoxy) is 1. The molecule has 2 aromatic rings. The molecule has 4 heteroatoms. The van der Waals surface area contributed by atoms with Crippen molar-refractivity contribution in [2.24, 2.45) is 7.05 Å². The summed E-state index contributed by atoms with van der Waals surface area (Å²) in [4.78, 5) is 0. The van der Waals surface area contributed by atoms with E-state index in [4.69, 9.17) is 4.74 Å². The van der Waals surface area contributed by atoms with Crippen LogP contribution in [-0.2, 0) is 13.5 Å². The number of hydrogen-bond donors (Lipinski definition) is 1. The fourth-order valence-electron chi connectivity index (χ4n) is 1.99. The Morgan fingerprint density at radius 2 is 2.16 bits per heavy atom. The van der Waals surface area contributed by atoms with Crippen molar-refractivity contribution in [1.29, 1.82) is 0 Å². The predicted octanol–water partition coefficient (Wildman–Crippen LogP) is 2.48. The van der Waals surface area contributed by atoms with Gasteiger partial charge in [-0.15, -0.1) is 0 Å². The second kappa shape index (κ2) is 5.89. The van der Waals surface area contributed by atoms with Crippen molar-refractivity contribution >= 4 is 0 Å². The molecular weight excluding hydrogens is 240 g/mol. The number of aromatic nitrogens is 2. The summed E-state index contributed by atoms with van der Waals surface area (Å²) in [7, 11) is 1.87. The first kappa shape index (κ1) is 13.6. The fourth-order valence-corrected chi connectivity index (χ4v) is 1.99. The zero-order valence-electron chi connectivity index (χ0n) is 11.6. The summed E-state index contributed by atoms with van der Waals surface area (Å²) < 4.78 is 7.37. The molecule has 0 aliphatic carbocycles. The minimum absolute atomic E-state index is 0.130. The first-order valence-electron chi connectivity index (χ1n) is 6.47. The molecule has 1 N–H and O–H groups in total. The lowest BCUT2D eigenvalue weighted by Gasteiger charge is -2.14. The highest BCUT2D eigenvalue weighted by Gasteiger charge is 2.11. The highest BCUT2D eigenvalue weighted by atomic mass is 16.5. The number of hydrogen-bond acceptors (Lipinski definition) is 3. The van der Waals surface area contributed by atoms with Crippen molar-refractivity contribution in [2.75, 3.05) is 0 Å². The molecule has 0 aliphatic rings. The van der Waals surface area contributed by atoms with Crippen molar-refractivity contribution in [1.82, 2.24) is 9.78 Å². The molecule has 2 rings (SSSR count). The first-order chi connectivity index (χ1) is 9.04. The van der Waals surface area contributed by atoms with E-state index in [1.807, 2.05) is 51.4 Å². The molecule has 0 fully saturated rings. The third-order valence-corrected chi connectivity index (χ3v) is 2.80. The first-order valence-corrected chi connectivity index (χ1v) is 6.47. The minimum atomic E-state index is -0.542. The van der Waals surface area contributed by atoms with Gasteiger partial charge in [0.2, 0.25) is 0 Å². The van der Waals surface area contributed by atoms with Gasteiger partial charge in [0.05, 0.1) is 18.4 Å². The van der Waals surface area contributed by atoms with Crippen molar-refractivity contribution in [3.8, 4) is 5.75 Å². The zero-order valence-corrected chi connectivity index (χ0v) is 11.6. The van der Waals surface area contributed by atoms with Crippen LogP contribution in [0.1, 0.15) is 31.1 Å². The average molecular weight is 260 g/mol. The molecule has 0 aliphatic heterocycles. The normalized spacial score (nSPS) is 12.7. The fraction of sp³-hybridized carbons (Fsp3) is 0.400. The van der Waals surface area contributed by atoms with Crippen LogP contribution in [0.4, 0.5) is 0 Å². The highest BCUT2D eigenvalue weighted by molar-refractivity contribution is 5.30. The van der Waals surface area contributed by atoms with Gasteiger partial charge in [-0.1, -0.05) is 12.1 Å². The van der Waals surface area contributed by atoms with Gasteiger partial charge in [-0.25, -0.2) is 0 Å². The van der Waals surface area contributed by atoms with Gasteiger partial charge in [-0.05, 0) is 37.1 Å². The second-order valence-corrected chi connectivity index (χ2v) is 4.98. The topological polar surface area (TPSA) is 47.3 Å². The van der Waals surface area contributed by atoms with E-state index in [0.717, 1.165) is 16.9 Å². The predicted molar refractivity (Wildman–Crippen MR) is 74.1 cm³/mol. The molecule has 0 bridgehead atoms. The molecule has 0 amide bonds. The van der Waals surface area contributed by atoms with Crippen LogP contribution in [0.25, 0.3) is 0 Å². The van der Waals surface area contributed by atoms with Gasteiger partial charge < -0.3 is 9.84 Å². The Bertz CT molecular complexity index is 534. The summed E-state index contributed by atoms with van der Waals surface area (Å²) in [6.45, 7) is 3.97. The van der Waals surface area contributed by atoms with Gasteiger partial charge >= 0.3 is 0 Å². The molecule has 102 valence electrons. The number of rotatable bonds is 5. The van der Waals surface area contributed by atoms with Gasteiger partial charge in [-0.2, -0.15) is 5.10 Å². The smallest absolute Gasteiger partial charge is 0.120 e. The molecule has 0 saturated carbocycles. The third-order valence-electron chi connectivity index (χ3n) is 2.80. The van der Waals surface area contributed by atoms with E-state index in [2.05, 4.69) is 5.10 Å². The maximum absolute atomic E-state index is 10.2. The van der Waals surface area contributed by atoms with Crippen LogP contribution >= 0.6 is 0 Å². The SMILES string of the molecule is CC(C)Oc1cccc(C(O)Cc2cnn(C)c2)c1. The lowest BCUT2D eigenvalue weighted by atomic mass is 10.0. The van der Waals surface area contributed by atoms with Crippen molar-refractivity contribution in [3.05, 3.63) is 47.8 Å². The van der Waals surface area contributed by atoms with Crippen LogP contribution < -0.4 is 4.74 Å². The van der Waals surface area contributed by atoms with Gasteiger partial charge in [0.15, 0.2) is 0 Å². The Morgan fingerprint density at radius 3 is 2.79 bits per heavy atom. The van der Waals surface area contributed by atoms with E-state index in [-0.39, 0.29) is 6.10 Å². The Kier molecular flexibility index (Phi) is 4.22. The Morgan fingerprint density at radius 1 is 1.37 bits per heavy atom. The van der Waals surface area contributed by atoms with Crippen LogP contribution in [0.15, 0.2) is 36.7 Å². The van der Waals surface area contributed by atoms with E-state index in [1.165, 1.54) is 0 Å². The van der Waals surface area contributed by atoms with Crippen molar-refractivity contribution in [2.45, 2.75) is 32.5 Å².